The van der Waals surface area contributed by atoms with Crippen molar-refractivity contribution in [3.8, 4) is 0 Å². The number of benzene rings is 1. The number of thiophene rings is 1. The maximum atomic E-state index is 12.6. The lowest BCUT2D eigenvalue weighted by molar-refractivity contribution is -0.130. The second-order valence-electron chi connectivity index (χ2n) is 7.40. The van der Waals surface area contributed by atoms with Crippen LogP contribution in [0, 0.1) is 6.92 Å². The molecular weight excluding hydrogens is 509 g/mol. The third kappa shape index (κ3) is 5.15. The maximum Gasteiger partial charge on any atom is 0.242 e. The average Bonchev–Trinajstić information content (AvgIpc) is 3.36. The van der Waals surface area contributed by atoms with E-state index in [1.807, 2.05) is 4.90 Å². The van der Waals surface area contributed by atoms with Crippen LogP contribution < -0.4 is 10.6 Å². The second kappa shape index (κ2) is 10.3. The molecule has 4 rings (SSSR count). The van der Waals surface area contributed by atoms with E-state index in [1.54, 1.807) is 18.4 Å². The van der Waals surface area contributed by atoms with Gasteiger partial charge in [-0.1, -0.05) is 12.1 Å². The minimum atomic E-state index is 0. The van der Waals surface area contributed by atoms with Gasteiger partial charge in [0.1, 0.15) is 0 Å². The Morgan fingerprint density at radius 2 is 2.17 bits per heavy atom. The zero-order valence-electron chi connectivity index (χ0n) is 17.3. The average molecular weight is 537 g/mol. The van der Waals surface area contributed by atoms with Crippen molar-refractivity contribution < 1.29 is 4.79 Å². The molecule has 1 aliphatic heterocycles. The highest BCUT2D eigenvalue weighted by Crippen LogP contribution is 2.24. The van der Waals surface area contributed by atoms with Crippen LogP contribution in [0.4, 0.5) is 0 Å². The van der Waals surface area contributed by atoms with E-state index >= 15 is 0 Å². The van der Waals surface area contributed by atoms with Crippen molar-refractivity contribution in [3.05, 3.63) is 57.4 Å². The number of aromatic amines is 1. The molecule has 1 aliphatic rings. The molecule has 0 bridgehead atoms. The van der Waals surface area contributed by atoms with Gasteiger partial charge in [-0.3, -0.25) is 9.79 Å². The number of aryl methyl sites for hydroxylation is 1. The fourth-order valence-corrected chi connectivity index (χ4v) is 4.67. The highest BCUT2D eigenvalue weighted by molar-refractivity contribution is 14.0. The minimum Gasteiger partial charge on any atom is -0.361 e. The summed E-state index contributed by atoms with van der Waals surface area (Å²) >= 11 is 1.79. The van der Waals surface area contributed by atoms with Crippen molar-refractivity contribution in [2.24, 2.45) is 4.99 Å². The van der Waals surface area contributed by atoms with E-state index in [2.05, 4.69) is 63.4 Å². The Morgan fingerprint density at radius 1 is 1.30 bits per heavy atom. The third-order valence-corrected chi connectivity index (χ3v) is 6.42. The van der Waals surface area contributed by atoms with Gasteiger partial charge in [0.2, 0.25) is 5.91 Å². The van der Waals surface area contributed by atoms with E-state index < -0.39 is 0 Å². The zero-order chi connectivity index (χ0) is 20.2. The van der Waals surface area contributed by atoms with Gasteiger partial charge in [-0.15, -0.1) is 35.3 Å². The van der Waals surface area contributed by atoms with Crippen LogP contribution in [0.5, 0.6) is 0 Å². The van der Waals surface area contributed by atoms with E-state index in [-0.39, 0.29) is 36.4 Å². The number of hydrogen-bond donors (Lipinski definition) is 3. The van der Waals surface area contributed by atoms with E-state index in [4.69, 9.17) is 0 Å². The molecule has 1 aromatic carbocycles. The third-order valence-electron chi connectivity index (χ3n) is 5.40. The Morgan fingerprint density at radius 3 is 3.00 bits per heavy atom. The highest BCUT2D eigenvalue weighted by atomic mass is 127. The van der Waals surface area contributed by atoms with Crippen LogP contribution in [0.15, 0.2) is 40.8 Å². The molecule has 0 spiro atoms. The number of H-pyrrole nitrogens is 1. The molecule has 0 aliphatic carbocycles. The van der Waals surface area contributed by atoms with Crippen molar-refractivity contribution in [2.45, 2.75) is 26.3 Å². The predicted octanol–water partition coefficient (Wildman–Crippen LogP) is 3.45. The van der Waals surface area contributed by atoms with Crippen LogP contribution in [-0.2, 0) is 24.2 Å². The first-order chi connectivity index (χ1) is 14.1. The number of carbonyl (C=O) groups excluding carboxylic acids is 1. The Hall–Kier alpha value is -2.07. The van der Waals surface area contributed by atoms with Gasteiger partial charge in [-0.25, -0.2) is 0 Å². The molecule has 3 heterocycles. The molecule has 0 saturated carbocycles. The number of nitrogens with zero attached hydrogens (tertiary/aromatic N) is 2. The van der Waals surface area contributed by atoms with Gasteiger partial charge in [0.15, 0.2) is 5.96 Å². The summed E-state index contributed by atoms with van der Waals surface area (Å²) in [4.78, 5) is 23.5. The largest absolute Gasteiger partial charge is 0.361 e. The molecule has 0 fully saturated rings. The van der Waals surface area contributed by atoms with Crippen molar-refractivity contribution in [1.82, 2.24) is 20.5 Å². The second-order valence-corrected chi connectivity index (χ2v) is 8.40. The lowest BCUT2D eigenvalue weighted by atomic mass is 10.1. The molecule has 2 aromatic heterocycles. The van der Waals surface area contributed by atoms with Gasteiger partial charge in [-0.2, -0.15) is 0 Å². The molecule has 30 heavy (non-hydrogen) atoms. The summed E-state index contributed by atoms with van der Waals surface area (Å²) in [6.45, 7) is 4.61. The fraction of sp³-hybridized carbons (Fsp3) is 0.364. The molecule has 3 N–H and O–H groups in total. The number of fused-ring (bicyclic) bond motifs is 2. The molecule has 0 unspecified atom stereocenters. The molecule has 6 nitrogen and oxygen atoms in total. The zero-order valence-corrected chi connectivity index (χ0v) is 20.5. The van der Waals surface area contributed by atoms with Crippen molar-refractivity contribution in [1.29, 1.82) is 0 Å². The van der Waals surface area contributed by atoms with Crippen LogP contribution in [-0.4, -0.2) is 48.4 Å². The summed E-state index contributed by atoms with van der Waals surface area (Å²) in [6.07, 6.45) is 3.90. The number of aromatic nitrogens is 1. The first-order valence-corrected chi connectivity index (χ1v) is 10.9. The molecule has 1 amide bonds. The number of nitrogens with one attached hydrogen (secondary N) is 3. The Kier molecular flexibility index (Phi) is 7.76. The van der Waals surface area contributed by atoms with Crippen molar-refractivity contribution >= 4 is 58.1 Å². The van der Waals surface area contributed by atoms with Crippen LogP contribution in [0.1, 0.15) is 21.6 Å². The smallest absolute Gasteiger partial charge is 0.242 e. The van der Waals surface area contributed by atoms with Crippen LogP contribution in [0.2, 0.25) is 0 Å². The minimum absolute atomic E-state index is 0. The monoisotopic (exact) mass is 537 g/mol. The summed E-state index contributed by atoms with van der Waals surface area (Å²) in [5.74, 6) is 0.763. The van der Waals surface area contributed by atoms with E-state index in [0.29, 0.717) is 12.5 Å². The molecule has 0 atom stereocenters. The summed E-state index contributed by atoms with van der Waals surface area (Å²) in [7, 11) is 1.73. The summed E-state index contributed by atoms with van der Waals surface area (Å²) in [5, 5.41) is 9.83. The molecule has 0 saturated heterocycles. The lowest BCUT2D eigenvalue weighted by Crippen LogP contribution is -2.46. The molecule has 0 radical (unpaired) electrons. The maximum absolute atomic E-state index is 12.6. The quantitative estimate of drug-likeness (QED) is 0.265. The number of halogens is 1. The molecular formula is C22H28IN5OS. The number of guanidine groups is 1. The number of hydrogen-bond acceptors (Lipinski definition) is 3. The summed E-state index contributed by atoms with van der Waals surface area (Å²) < 4.78 is 0. The first-order valence-electron chi connectivity index (χ1n) is 9.98. The summed E-state index contributed by atoms with van der Waals surface area (Å²) in [5.41, 5.74) is 4.98. The Balaban J connectivity index is 0.00000256. The SMILES string of the molecule is CN=C(NCCc1c[nH]c2cc(C)ccc12)NCC(=O)N1CCc2sccc2C1.I. The van der Waals surface area contributed by atoms with E-state index in [0.717, 1.165) is 25.9 Å². The number of amides is 1. The van der Waals surface area contributed by atoms with Gasteiger partial charge in [0, 0.05) is 48.7 Å². The fourth-order valence-electron chi connectivity index (χ4n) is 3.78. The molecule has 8 heteroatoms. The number of aliphatic imine (C=N–C) groups is 1. The van der Waals surface area contributed by atoms with Crippen LogP contribution >= 0.6 is 35.3 Å². The van der Waals surface area contributed by atoms with Crippen molar-refractivity contribution in [3.63, 3.8) is 0 Å². The lowest BCUT2D eigenvalue weighted by Gasteiger charge is -2.27. The molecule has 3 aromatic rings. The van der Waals surface area contributed by atoms with Gasteiger partial charge < -0.3 is 20.5 Å². The normalized spacial score (nSPS) is 13.7. The van der Waals surface area contributed by atoms with Crippen LogP contribution in [0.3, 0.4) is 0 Å². The molecule has 160 valence electrons. The van der Waals surface area contributed by atoms with E-state index in [9.17, 15) is 4.79 Å². The van der Waals surface area contributed by atoms with Gasteiger partial charge in [0.05, 0.1) is 6.54 Å². The topological polar surface area (TPSA) is 72.5 Å². The Bertz CT molecular complexity index is 1040. The van der Waals surface area contributed by atoms with E-state index in [1.165, 1.54) is 32.5 Å². The summed E-state index contributed by atoms with van der Waals surface area (Å²) in [6, 6.07) is 8.59. The van der Waals surface area contributed by atoms with Gasteiger partial charge >= 0.3 is 0 Å². The number of carbonyl (C=O) groups is 1. The van der Waals surface area contributed by atoms with Gasteiger partial charge in [-0.05, 0) is 54.0 Å². The van der Waals surface area contributed by atoms with Gasteiger partial charge in [0.25, 0.3) is 0 Å². The first kappa shape index (κ1) is 22.6. The predicted molar refractivity (Wildman–Crippen MR) is 135 cm³/mol. The Labute approximate surface area is 198 Å². The van der Waals surface area contributed by atoms with Crippen molar-refractivity contribution in [2.75, 3.05) is 26.7 Å². The number of rotatable bonds is 5. The standard InChI is InChI=1S/C22H27N5OS.HI/c1-15-3-4-18-16(12-25-19(18)11-15)5-8-24-22(23-2)26-13-21(28)27-9-6-20-17(14-27)7-10-29-20;/h3-4,7,10-12,25H,5-6,8-9,13-14H2,1-2H3,(H2,23,24,26);1H. The van der Waals surface area contributed by atoms with Crippen LogP contribution in [0.25, 0.3) is 10.9 Å². The highest BCUT2D eigenvalue weighted by Gasteiger charge is 2.21.